The molecule has 0 spiro atoms. The van der Waals surface area contributed by atoms with Crippen LogP contribution in [0.2, 0.25) is 0 Å². The van der Waals surface area contributed by atoms with Crippen molar-refractivity contribution >= 4 is 28.0 Å². The molecule has 0 unspecified atom stereocenters. The molecule has 0 aliphatic carbocycles. The number of amidine groups is 1. The van der Waals surface area contributed by atoms with Crippen LogP contribution in [-0.2, 0) is 0 Å². The van der Waals surface area contributed by atoms with Gasteiger partial charge in [-0.3, -0.25) is 0 Å². The Kier molecular flexibility index (Phi) is 5.77. The predicted molar refractivity (Wildman–Crippen MR) is 94.8 cm³/mol. The van der Waals surface area contributed by atoms with Crippen LogP contribution in [0.4, 0.5) is 11.4 Å². The molecule has 3 aromatic rings. The third-order valence-corrected chi connectivity index (χ3v) is 4.16. The normalized spacial score (nSPS) is 11.2. The van der Waals surface area contributed by atoms with Crippen molar-refractivity contribution in [3.05, 3.63) is 72.3 Å². The van der Waals surface area contributed by atoms with E-state index >= 15 is 0 Å². The Morgan fingerprint density at radius 3 is 2.26 bits per heavy atom. The molecule has 3 heteroatoms. The van der Waals surface area contributed by atoms with Gasteiger partial charge in [-0.15, -0.1) is 0 Å². The quantitative estimate of drug-likeness (QED) is 0.364. The molecular weight excluding hydrogens is 395 g/mol. The van der Waals surface area contributed by atoms with Gasteiger partial charge in [-0.2, -0.15) is 0 Å². The second-order valence-corrected chi connectivity index (χ2v) is 5.56. The van der Waals surface area contributed by atoms with E-state index in [4.69, 9.17) is 0 Å². The number of benzene rings is 3. The fraction of sp³-hybridized carbons (Fsp3) is 0.150. The SMILES string of the molecule is CC(=[NH+]c1ccc2ccccc2c1C)N(C)c1ccccc1.[I-]. The van der Waals surface area contributed by atoms with Crippen molar-refractivity contribution < 1.29 is 29.0 Å². The Balaban J connectivity index is 0.00000192. The predicted octanol–water partition coefficient (Wildman–Crippen LogP) is 0.419. The summed E-state index contributed by atoms with van der Waals surface area (Å²) in [6.07, 6.45) is 0. The minimum atomic E-state index is 0. The number of halogens is 1. The first-order valence-electron chi connectivity index (χ1n) is 7.54. The van der Waals surface area contributed by atoms with Crippen LogP contribution >= 0.6 is 0 Å². The van der Waals surface area contributed by atoms with E-state index in [9.17, 15) is 0 Å². The number of rotatable bonds is 2. The summed E-state index contributed by atoms with van der Waals surface area (Å²) in [7, 11) is 2.08. The highest BCUT2D eigenvalue weighted by Crippen LogP contribution is 2.22. The van der Waals surface area contributed by atoms with E-state index in [-0.39, 0.29) is 24.0 Å². The van der Waals surface area contributed by atoms with Gasteiger partial charge in [-0.25, -0.2) is 9.89 Å². The van der Waals surface area contributed by atoms with Crippen LogP contribution in [0.5, 0.6) is 0 Å². The van der Waals surface area contributed by atoms with E-state index in [1.165, 1.54) is 22.0 Å². The Bertz CT molecular complexity index is 825. The van der Waals surface area contributed by atoms with E-state index in [1.807, 2.05) is 6.07 Å². The molecule has 0 amide bonds. The Morgan fingerprint density at radius 2 is 1.52 bits per heavy atom. The number of hydrogen-bond acceptors (Lipinski definition) is 0. The van der Waals surface area contributed by atoms with Crippen molar-refractivity contribution in [1.29, 1.82) is 0 Å². The standard InChI is InChI=1S/C20H20N2.HI/c1-15-19-12-8-7-9-17(19)13-14-20(15)21-16(2)22(3)18-10-5-4-6-11-18;/h4-14H,1-3H3;1H. The average molecular weight is 416 g/mol. The lowest BCUT2D eigenvalue weighted by Gasteiger charge is -2.11. The molecular formula is C20H21IN2. The van der Waals surface area contributed by atoms with E-state index in [0.29, 0.717) is 0 Å². The highest BCUT2D eigenvalue weighted by molar-refractivity contribution is 5.93. The monoisotopic (exact) mass is 416 g/mol. The molecule has 2 nitrogen and oxygen atoms in total. The smallest absolute Gasteiger partial charge is 0.251 e. The van der Waals surface area contributed by atoms with E-state index in [2.05, 4.69) is 91.5 Å². The molecule has 23 heavy (non-hydrogen) atoms. The number of aryl methyl sites for hydroxylation is 1. The third-order valence-electron chi connectivity index (χ3n) is 4.16. The van der Waals surface area contributed by atoms with Crippen molar-refractivity contribution in [2.75, 3.05) is 11.9 Å². The summed E-state index contributed by atoms with van der Waals surface area (Å²) in [4.78, 5) is 5.70. The van der Waals surface area contributed by atoms with Gasteiger partial charge < -0.3 is 24.0 Å². The summed E-state index contributed by atoms with van der Waals surface area (Å²) < 4.78 is 0. The maximum absolute atomic E-state index is 3.54. The number of fused-ring (bicyclic) bond motifs is 1. The van der Waals surface area contributed by atoms with Crippen LogP contribution in [-0.4, -0.2) is 12.9 Å². The van der Waals surface area contributed by atoms with Gasteiger partial charge in [0, 0.05) is 12.5 Å². The maximum atomic E-state index is 3.54. The van der Waals surface area contributed by atoms with E-state index in [0.717, 1.165) is 11.5 Å². The summed E-state index contributed by atoms with van der Waals surface area (Å²) in [6, 6.07) is 23.2. The summed E-state index contributed by atoms with van der Waals surface area (Å²) >= 11 is 0. The lowest BCUT2D eigenvalue weighted by molar-refractivity contribution is -0.356. The second-order valence-electron chi connectivity index (χ2n) is 5.56. The number of para-hydroxylation sites is 1. The summed E-state index contributed by atoms with van der Waals surface area (Å²) in [5.41, 5.74) is 3.60. The highest BCUT2D eigenvalue weighted by atomic mass is 127. The third kappa shape index (κ3) is 3.72. The molecule has 0 aliphatic rings. The molecule has 0 radical (unpaired) electrons. The minimum absolute atomic E-state index is 0. The minimum Gasteiger partial charge on any atom is -1.00 e. The molecule has 0 aliphatic heterocycles. The molecule has 0 saturated carbocycles. The van der Waals surface area contributed by atoms with Gasteiger partial charge in [-0.05, 0) is 35.9 Å². The Labute approximate surface area is 154 Å². The number of nitrogens with zero attached hydrogens (tertiary/aromatic N) is 1. The second kappa shape index (κ2) is 7.59. The number of hydrogen-bond donors (Lipinski definition) is 1. The molecule has 1 N–H and O–H groups in total. The van der Waals surface area contributed by atoms with E-state index < -0.39 is 0 Å². The number of anilines is 1. The first-order chi connectivity index (χ1) is 10.7. The van der Waals surface area contributed by atoms with Crippen LogP contribution < -0.4 is 33.9 Å². The van der Waals surface area contributed by atoms with Gasteiger partial charge in [-0.1, -0.05) is 48.5 Å². The summed E-state index contributed by atoms with van der Waals surface area (Å²) in [5.74, 6) is 1.10. The van der Waals surface area contributed by atoms with Crippen molar-refractivity contribution in [3.8, 4) is 0 Å². The fourth-order valence-corrected chi connectivity index (χ4v) is 2.69. The zero-order chi connectivity index (χ0) is 15.5. The first kappa shape index (κ1) is 17.5. The van der Waals surface area contributed by atoms with Gasteiger partial charge in [0.1, 0.15) is 11.4 Å². The summed E-state index contributed by atoms with van der Waals surface area (Å²) in [6.45, 7) is 4.27. The summed E-state index contributed by atoms with van der Waals surface area (Å²) in [5, 5.41) is 2.57. The zero-order valence-corrected chi connectivity index (χ0v) is 15.8. The van der Waals surface area contributed by atoms with Crippen molar-refractivity contribution in [2.24, 2.45) is 0 Å². The lowest BCUT2D eigenvalue weighted by atomic mass is 10.0. The molecule has 0 heterocycles. The maximum Gasteiger partial charge on any atom is 0.251 e. The van der Waals surface area contributed by atoms with Gasteiger partial charge >= 0.3 is 0 Å². The topological polar surface area (TPSA) is 17.2 Å². The zero-order valence-electron chi connectivity index (χ0n) is 13.7. The van der Waals surface area contributed by atoms with Crippen LogP contribution in [0.3, 0.4) is 0 Å². The van der Waals surface area contributed by atoms with Crippen LogP contribution in [0, 0.1) is 6.92 Å². The van der Waals surface area contributed by atoms with Crippen molar-refractivity contribution in [3.63, 3.8) is 0 Å². The lowest BCUT2D eigenvalue weighted by Crippen LogP contribution is -3.00. The van der Waals surface area contributed by atoms with Crippen molar-refractivity contribution in [1.82, 2.24) is 0 Å². The van der Waals surface area contributed by atoms with Gasteiger partial charge in [0.15, 0.2) is 0 Å². The number of nitrogens with one attached hydrogen (secondary N) is 1. The fourth-order valence-electron chi connectivity index (χ4n) is 2.69. The Morgan fingerprint density at radius 1 is 0.870 bits per heavy atom. The average Bonchev–Trinajstić information content (AvgIpc) is 2.57. The van der Waals surface area contributed by atoms with E-state index in [1.54, 1.807) is 0 Å². The van der Waals surface area contributed by atoms with Gasteiger partial charge in [0.25, 0.3) is 5.84 Å². The first-order valence-corrected chi connectivity index (χ1v) is 7.54. The van der Waals surface area contributed by atoms with Crippen molar-refractivity contribution in [2.45, 2.75) is 13.8 Å². The highest BCUT2D eigenvalue weighted by Gasteiger charge is 2.12. The van der Waals surface area contributed by atoms with Gasteiger partial charge in [0.05, 0.1) is 7.05 Å². The van der Waals surface area contributed by atoms with Crippen LogP contribution in [0.1, 0.15) is 12.5 Å². The molecule has 0 bridgehead atoms. The molecule has 3 aromatic carbocycles. The molecule has 0 atom stereocenters. The molecule has 3 rings (SSSR count). The Hall–Kier alpha value is -1.88. The molecule has 0 fully saturated rings. The van der Waals surface area contributed by atoms with Crippen LogP contribution in [0.25, 0.3) is 10.8 Å². The van der Waals surface area contributed by atoms with Crippen LogP contribution in [0.15, 0.2) is 66.7 Å². The molecule has 0 saturated heterocycles. The van der Waals surface area contributed by atoms with Gasteiger partial charge in [0.2, 0.25) is 0 Å². The largest absolute Gasteiger partial charge is 1.00 e. The molecule has 0 aromatic heterocycles. The molecule has 118 valence electrons.